The average molecular weight is 530 g/mol. The summed E-state index contributed by atoms with van der Waals surface area (Å²) in [7, 11) is 6.16. The fraction of sp³-hybridized carbons (Fsp3) is 0.226. The van der Waals surface area contributed by atoms with Gasteiger partial charge in [0.1, 0.15) is 0 Å². The number of amides is 1. The summed E-state index contributed by atoms with van der Waals surface area (Å²) in [4.78, 5) is 28.3. The molecular weight excluding hydrogens is 498 g/mol. The molecule has 0 fully saturated rings. The summed E-state index contributed by atoms with van der Waals surface area (Å²) in [6.07, 6.45) is 3.48. The summed E-state index contributed by atoms with van der Waals surface area (Å²) in [5.41, 5.74) is 2.33. The first-order valence-electron chi connectivity index (χ1n) is 12.4. The maximum absolute atomic E-state index is 13.4. The van der Waals surface area contributed by atoms with Crippen molar-refractivity contribution < 1.29 is 33.6 Å². The van der Waals surface area contributed by atoms with Crippen LogP contribution in [0.5, 0.6) is 23.0 Å². The SMILES string of the molecule is COc1ccc(CCN2C(=O)C(O)=C(C(=O)/C=C/c3ccccc3)[C@@H]2c2ccc(OC)c(OC)c2)cc1OC. The summed E-state index contributed by atoms with van der Waals surface area (Å²) >= 11 is 0. The van der Waals surface area contributed by atoms with Crippen LogP contribution in [-0.4, -0.2) is 56.7 Å². The van der Waals surface area contributed by atoms with E-state index in [2.05, 4.69) is 0 Å². The third-order valence-electron chi connectivity index (χ3n) is 6.61. The summed E-state index contributed by atoms with van der Waals surface area (Å²) in [6.45, 7) is 0.233. The van der Waals surface area contributed by atoms with Crippen molar-refractivity contribution in [2.75, 3.05) is 35.0 Å². The molecule has 0 saturated carbocycles. The van der Waals surface area contributed by atoms with Crippen molar-refractivity contribution in [2.24, 2.45) is 0 Å². The zero-order chi connectivity index (χ0) is 27.9. The van der Waals surface area contributed by atoms with Gasteiger partial charge in [0.05, 0.1) is 40.1 Å². The first-order valence-corrected chi connectivity index (χ1v) is 12.4. The highest BCUT2D eigenvalue weighted by Crippen LogP contribution is 2.41. The highest BCUT2D eigenvalue weighted by molar-refractivity contribution is 6.14. The van der Waals surface area contributed by atoms with E-state index in [1.807, 2.05) is 42.5 Å². The molecule has 8 heteroatoms. The molecule has 202 valence electrons. The predicted octanol–water partition coefficient (Wildman–Crippen LogP) is 4.94. The fourth-order valence-corrected chi connectivity index (χ4v) is 4.62. The van der Waals surface area contributed by atoms with Crippen LogP contribution in [0.1, 0.15) is 22.7 Å². The third-order valence-corrected chi connectivity index (χ3v) is 6.61. The van der Waals surface area contributed by atoms with Crippen LogP contribution in [0.4, 0.5) is 0 Å². The number of methoxy groups -OCH3 is 4. The standard InChI is InChI=1S/C31H31NO7/c1-36-24-14-11-21(18-26(24)38-3)16-17-32-29(22-12-15-25(37-2)27(19-22)39-4)28(30(34)31(32)35)23(33)13-10-20-8-6-5-7-9-20/h5-15,18-19,29,34H,16-17H2,1-4H3/b13-10+/t29-/m0/s1. The van der Waals surface area contributed by atoms with Gasteiger partial charge in [-0.1, -0.05) is 48.5 Å². The van der Waals surface area contributed by atoms with Crippen molar-refractivity contribution >= 4 is 17.8 Å². The number of nitrogens with zero attached hydrogens (tertiary/aromatic N) is 1. The number of allylic oxidation sites excluding steroid dienone is 1. The van der Waals surface area contributed by atoms with Crippen molar-refractivity contribution in [1.29, 1.82) is 0 Å². The Morgan fingerprint density at radius 2 is 1.46 bits per heavy atom. The van der Waals surface area contributed by atoms with Crippen LogP contribution in [-0.2, 0) is 16.0 Å². The summed E-state index contributed by atoms with van der Waals surface area (Å²) in [5, 5.41) is 10.9. The Balaban J connectivity index is 1.70. The number of rotatable bonds is 11. The van der Waals surface area contributed by atoms with E-state index in [1.54, 1.807) is 44.6 Å². The molecule has 0 bridgehead atoms. The number of ketones is 1. The Labute approximate surface area is 227 Å². The molecule has 0 saturated heterocycles. The number of hydrogen-bond donors (Lipinski definition) is 1. The predicted molar refractivity (Wildman–Crippen MR) is 147 cm³/mol. The molecule has 3 aromatic carbocycles. The largest absolute Gasteiger partial charge is 0.503 e. The number of aliphatic hydroxyl groups excluding tert-OH is 1. The quantitative estimate of drug-likeness (QED) is 0.352. The number of aliphatic hydroxyl groups is 1. The van der Waals surface area contributed by atoms with Crippen LogP contribution in [0.2, 0.25) is 0 Å². The van der Waals surface area contributed by atoms with Gasteiger partial charge in [-0.3, -0.25) is 9.59 Å². The van der Waals surface area contributed by atoms with Crippen molar-refractivity contribution in [3.8, 4) is 23.0 Å². The van der Waals surface area contributed by atoms with Crippen molar-refractivity contribution in [3.05, 3.63) is 101 Å². The summed E-state index contributed by atoms with van der Waals surface area (Å²) in [5.74, 6) is 0.476. The van der Waals surface area contributed by atoms with Crippen LogP contribution in [0.15, 0.2) is 84.1 Å². The molecule has 39 heavy (non-hydrogen) atoms. The lowest BCUT2D eigenvalue weighted by atomic mass is 9.95. The smallest absolute Gasteiger partial charge is 0.290 e. The van der Waals surface area contributed by atoms with Crippen molar-refractivity contribution in [3.63, 3.8) is 0 Å². The van der Waals surface area contributed by atoms with E-state index in [0.717, 1.165) is 11.1 Å². The molecular formula is C31H31NO7. The Bertz CT molecular complexity index is 1410. The molecule has 1 aliphatic heterocycles. The molecule has 8 nitrogen and oxygen atoms in total. The maximum Gasteiger partial charge on any atom is 0.290 e. The Hall–Kier alpha value is -4.72. The van der Waals surface area contributed by atoms with Gasteiger partial charge in [-0.25, -0.2) is 0 Å². The number of carbonyl (C=O) groups excluding carboxylic acids is 2. The molecule has 3 aromatic rings. The molecule has 4 rings (SSSR count). The molecule has 1 N–H and O–H groups in total. The second-order valence-corrected chi connectivity index (χ2v) is 8.83. The van der Waals surface area contributed by atoms with Gasteiger partial charge in [-0.2, -0.15) is 0 Å². The second kappa shape index (κ2) is 12.2. The van der Waals surface area contributed by atoms with Crippen LogP contribution in [0.25, 0.3) is 6.08 Å². The van der Waals surface area contributed by atoms with Gasteiger partial charge in [0.2, 0.25) is 0 Å². The second-order valence-electron chi connectivity index (χ2n) is 8.83. The first-order chi connectivity index (χ1) is 18.9. The van der Waals surface area contributed by atoms with E-state index in [1.165, 1.54) is 25.2 Å². The topological polar surface area (TPSA) is 94.5 Å². The Morgan fingerprint density at radius 3 is 2.10 bits per heavy atom. The van der Waals surface area contributed by atoms with E-state index < -0.39 is 23.5 Å². The molecule has 1 aliphatic rings. The van der Waals surface area contributed by atoms with Gasteiger partial charge in [0, 0.05) is 6.54 Å². The summed E-state index contributed by atoms with van der Waals surface area (Å²) in [6, 6.07) is 19.2. The van der Waals surface area contributed by atoms with Gasteiger partial charge in [-0.15, -0.1) is 0 Å². The number of benzene rings is 3. The minimum atomic E-state index is -0.828. The Kier molecular flexibility index (Phi) is 8.56. The van der Waals surface area contributed by atoms with E-state index in [0.29, 0.717) is 35.0 Å². The van der Waals surface area contributed by atoms with Gasteiger partial charge in [0.15, 0.2) is 34.5 Å². The van der Waals surface area contributed by atoms with Crippen LogP contribution < -0.4 is 18.9 Å². The molecule has 0 unspecified atom stereocenters. The molecule has 1 atom stereocenters. The highest BCUT2D eigenvalue weighted by atomic mass is 16.5. The van der Waals surface area contributed by atoms with Crippen LogP contribution in [0.3, 0.4) is 0 Å². The van der Waals surface area contributed by atoms with Crippen LogP contribution >= 0.6 is 0 Å². The normalized spacial score (nSPS) is 15.1. The molecule has 1 amide bonds. The maximum atomic E-state index is 13.4. The van der Waals surface area contributed by atoms with E-state index in [4.69, 9.17) is 18.9 Å². The third kappa shape index (κ3) is 5.75. The molecule has 0 aliphatic carbocycles. The minimum Gasteiger partial charge on any atom is -0.503 e. The number of hydrogen-bond acceptors (Lipinski definition) is 7. The molecule has 0 radical (unpaired) electrons. The lowest BCUT2D eigenvalue weighted by Crippen LogP contribution is -2.33. The summed E-state index contributed by atoms with van der Waals surface area (Å²) < 4.78 is 21.6. The van der Waals surface area contributed by atoms with E-state index in [9.17, 15) is 14.7 Å². The van der Waals surface area contributed by atoms with Gasteiger partial charge in [-0.05, 0) is 53.5 Å². The monoisotopic (exact) mass is 529 g/mol. The molecule has 1 heterocycles. The first kappa shape index (κ1) is 27.3. The van der Waals surface area contributed by atoms with E-state index in [-0.39, 0.29) is 12.1 Å². The zero-order valence-corrected chi connectivity index (χ0v) is 22.3. The van der Waals surface area contributed by atoms with Gasteiger partial charge < -0.3 is 29.0 Å². The van der Waals surface area contributed by atoms with Crippen molar-refractivity contribution in [2.45, 2.75) is 12.5 Å². The molecule has 0 spiro atoms. The fourth-order valence-electron chi connectivity index (χ4n) is 4.62. The lowest BCUT2D eigenvalue weighted by Gasteiger charge is -2.27. The number of carbonyl (C=O) groups is 2. The Morgan fingerprint density at radius 1 is 0.846 bits per heavy atom. The highest BCUT2D eigenvalue weighted by Gasteiger charge is 2.43. The van der Waals surface area contributed by atoms with Crippen molar-refractivity contribution in [1.82, 2.24) is 4.90 Å². The molecule has 0 aromatic heterocycles. The zero-order valence-electron chi connectivity index (χ0n) is 22.3. The average Bonchev–Trinajstić information content (AvgIpc) is 3.23. The van der Waals surface area contributed by atoms with Crippen LogP contribution in [0, 0.1) is 0 Å². The minimum absolute atomic E-state index is 0.00622. The number of ether oxygens (including phenoxy) is 4. The lowest BCUT2D eigenvalue weighted by molar-refractivity contribution is -0.129. The van der Waals surface area contributed by atoms with Gasteiger partial charge in [0.25, 0.3) is 5.91 Å². The van der Waals surface area contributed by atoms with Gasteiger partial charge >= 0.3 is 0 Å². The van der Waals surface area contributed by atoms with E-state index >= 15 is 0 Å².